The zero-order valence-electron chi connectivity index (χ0n) is 10.9. The molecule has 0 aliphatic rings. The van der Waals surface area contributed by atoms with Gasteiger partial charge in [0.05, 0.1) is 0 Å². The average Bonchev–Trinajstić information content (AvgIpc) is 1.47. The van der Waals surface area contributed by atoms with Gasteiger partial charge < -0.3 is 5.73 Å². The van der Waals surface area contributed by atoms with E-state index in [0.717, 1.165) is 6.42 Å². The van der Waals surface area contributed by atoms with Gasteiger partial charge in [-0.05, 0) is 24.2 Å². The van der Waals surface area contributed by atoms with E-state index < -0.39 is 0 Å². The summed E-state index contributed by atoms with van der Waals surface area (Å²) in [6.07, 6.45) is 1.10. The quantitative estimate of drug-likeness (QED) is 0.663. The lowest BCUT2D eigenvalue weighted by atomic mass is 9.89. The first kappa shape index (κ1) is 15.4. The van der Waals surface area contributed by atoms with Crippen LogP contribution < -0.4 is 5.73 Å². The third kappa shape index (κ3) is 48.2. The molecule has 0 rings (SSSR count). The van der Waals surface area contributed by atoms with Crippen molar-refractivity contribution in [2.24, 2.45) is 16.6 Å². The fraction of sp³-hybridized carbons (Fsp3) is 1.00. The lowest BCUT2D eigenvalue weighted by molar-refractivity contribution is 0.349. The Labute approximate surface area is 85.1 Å². The molecule has 0 saturated carbocycles. The third-order valence-corrected chi connectivity index (χ3v) is 0.934. The summed E-state index contributed by atoms with van der Waals surface area (Å²) >= 11 is 0. The average molecular weight is 187 g/mol. The van der Waals surface area contributed by atoms with Crippen LogP contribution in [0.4, 0.5) is 0 Å². The van der Waals surface area contributed by atoms with Gasteiger partial charge >= 0.3 is 0 Å². The molecule has 0 fully saturated rings. The van der Waals surface area contributed by atoms with Crippen LogP contribution in [0.5, 0.6) is 0 Å². The lowest BCUT2D eigenvalue weighted by Gasteiger charge is -2.19. The minimum absolute atomic E-state index is 0.343. The van der Waals surface area contributed by atoms with Gasteiger partial charge in [0.15, 0.2) is 0 Å². The second-order valence-electron chi connectivity index (χ2n) is 6.74. The van der Waals surface area contributed by atoms with Crippen LogP contribution in [0.1, 0.15) is 61.8 Å². The summed E-state index contributed by atoms with van der Waals surface area (Å²) in [4.78, 5) is 0. The first-order valence-electron chi connectivity index (χ1n) is 5.17. The predicted molar refractivity (Wildman–Crippen MR) is 62.9 cm³/mol. The number of hydrogen-bond acceptors (Lipinski definition) is 1. The lowest BCUT2D eigenvalue weighted by Crippen LogP contribution is -2.22. The second-order valence-corrected chi connectivity index (χ2v) is 6.74. The fourth-order valence-electron chi connectivity index (χ4n) is 0.966. The molecule has 0 aliphatic carbocycles. The molecule has 0 heterocycles. The summed E-state index contributed by atoms with van der Waals surface area (Å²) in [6.45, 7) is 17.4. The van der Waals surface area contributed by atoms with Crippen molar-refractivity contribution < 1.29 is 0 Å². The molecule has 0 spiro atoms. The highest BCUT2D eigenvalue weighted by molar-refractivity contribution is 4.66. The zero-order chi connectivity index (χ0) is 11.3. The molecule has 0 aromatic carbocycles. The van der Waals surface area contributed by atoms with Gasteiger partial charge in [0.1, 0.15) is 0 Å². The fourth-order valence-corrected chi connectivity index (χ4v) is 0.966. The zero-order valence-corrected chi connectivity index (χ0v) is 10.9. The van der Waals surface area contributed by atoms with Crippen molar-refractivity contribution in [2.45, 2.75) is 67.9 Å². The molecule has 1 unspecified atom stereocenters. The van der Waals surface area contributed by atoms with E-state index >= 15 is 0 Å². The molecule has 0 aliphatic heterocycles. The largest absolute Gasteiger partial charge is 0.328 e. The minimum atomic E-state index is 0.343. The van der Waals surface area contributed by atoms with E-state index in [9.17, 15) is 0 Å². The first-order chi connectivity index (χ1) is 5.42. The van der Waals surface area contributed by atoms with E-state index in [1.54, 1.807) is 0 Å². The molecule has 0 amide bonds. The second kappa shape index (κ2) is 5.64. The van der Waals surface area contributed by atoms with E-state index in [-0.39, 0.29) is 0 Å². The first-order valence-corrected chi connectivity index (χ1v) is 5.17. The van der Waals surface area contributed by atoms with Gasteiger partial charge in [-0.1, -0.05) is 48.5 Å². The van der Waals surface area contributed by atoms with E-state index in [2.05, 4.69) is 48.5 Å². The van der Waals surface area contributed by atoms with Crippen LogP contribution in [-0.2, 0) is 0 Å². The molecular weight excluding hydrogens is 158 g/mol. The normalized spacial score (nSPS) is 14.5. The summed E-state index contributed by atoms with van der Waals surface area (Å²) in [5.74, 6) is 0. The van der Waals surface area contributed by atoms with E-state index in [1.807, 2.05) is 6.92 Å². The van der Waals surface area contributed by atoms with Gasteiger partial charge in [0.25, 0.3) is 0 Å². The topological polar surface area (TPSA) is 26.0 Å². The summed E-state index contributed by atoms with van der Waals surface area (Å²) in [5.41, 5.74) is 6.48. The van der Waals surface area contributed by atoms with Crippen molar-refractivity contribution in [3.8, 4) is 0 Å². The summed E-state index contributed by atoms with van der Waals surface area (Å²) in [5, 5.41) is 0. The van der Waals surface area contributed by atoms with Crippen molar-refractivity contribution in [1.29, 1.82) is 0 Å². The Kier molecular flexibility index (Phi) is 6.70. The Hall–Kier alpha value is -0.0400. The van der Waals surface area contributed by atoms with Gasteiger partial charge in [-0.25, -0.2) is 0 Å². The molecule has 1 heteroatoms. The van der Waals surface area contributed by atoms with Gasteiger partial charge in [-0.15, -0.1) is 0 Å². The smallest absolute Gasteiger partial charge is 0.00154 e. The molecule has 0 radical (unpaired) electrons. The number of rotatable bonds is 1. The molecule has 0 bridgehead atoms. The predicted octanol–water partition coefficient (Wildman–Crippen LogP) is 3.82. The minimum Gasteiger partial charge on any atom is -0.328 e. The molecule has 0 aromatic rings. The van der Waals surface area contributed by atoms with Crippen molar-refractivity contribution in [3.05, 3.63) is 0 Å². The van der Waals surface area contributed by atoms with Crippen molar-refractivity contribution >= 4 is 0 Å². The Morgan fingerprint density at radius 1 is 0.923 bits per heavy atom. The summed E-state index contributed by atoms with van der Waals surface area (Å²) < 4.78 is 0. The monoisotopic (exact) mass is 187 g/mol. The highest BCUT2D eigenvalue weighted by Gasteiger charge is 2.11. The van der Waals surface area contributed by atoms with Crippen LogP contribution in [0, 0.1) is 10.8 Å². The molecule has 1 nitrogen and oxygen atoms in total. The van der Waals surface area contributed by atoms with Crippen LogP contribution in [0.2, 0.25) is 0 Å². The Bertz CT molecular complexity index is 106. The maximum Gasteiger partial charge on any atom is 0.00154 e. The molecular formula is C12H29N. The van der Waals surface area contributed by atoms with Crippen molar-refractivity contribution in [1.82, 2.24) is 0 Å². The summed E-state index contributed by atoms with van der Waals surface area (Å²) in [7, 11) is 0. The standard InChI is InChI=1S/C7H17N.C5H12/c1-6(8)5-7(2,3)4;1-5(2,3)4/h6H,5,8H2,1-4H3;1-4H3. The van der Waals surface area contributed by atoms with E-state index in [1.165, 1.54) is 0 Å². The third-order valence-electron chi connectivity index (χ3n) is 0.934. The molecule has 0 aromatic heterocycles. The molecule has 2 N–H and O–H groups in total. The van der Waals surface area contributed by atoms with E-state index in [0.29, 0.717) is 16.9 Å². The van der Waals surface area contributed by atoms with Crippen LogP contribution >= 0.6 is 0 Å². The molecule has 0 saturated heterocycles. The molecule has 1 atom stereocenters. The van der Waals surface area contributed by atoms with Gasteiger partial charge in [0, 0.05) is 6.04 Å². The Balaban J connectivity index is 0. The molecule has 82 valence electrons. The van der Waals surface area contributed by atoms with Gasteiger partial charge in [-0.3, -0.25) is 0 Å². The van der Waals surface area contributed by atoms with Gasteiger partial charge in [-0.2, -0.15) is 0 Å². The van der Waals surface area contributed by atoms with Crippen LogP contribution in [0.3, 0.4) is 0 Å². The Morgan fingerprint density at radius 2 is 1.15 bits per heavy atom. The maximum atomic E-state index is 5.58. The SMILES string of the molecule is CC(C)(C)C.CC(N)CC(C)(C)C. The van der Waals surface area contributed by atoms with Crippen LogP contribution in [-0.4, -0.2) is 6.04 Å². The Morgan fingerprint density at radius 3 is 1.15 bits per heavy atom. The highest BCUT2D eigenvalue weighted by atomic mass is 14.6. The maximum absolute atomic E-state index is 5.58. The van der Waals surface area contributed by atoms with E-state index in [4.69, 9.17) is 5.73 Å². The van der Waals surface area contributed by atoms with Gasteiger partial charge in [0.2, 0.25) is 0 Å². The highest BCUT2D eigenvalue weighted by Crippen LogP contribution is 2.19. The van der Waals surface area contributed by atoms with Crippen molar-refractivity contribution in [3.63, 3.8) is 0 Å². The van der Waals surface area contributed by atoms with Crippen molar-refractivity contribution in [2.75, 3.05) is 0 Å². The molecule has 13 heavy (non-hydrogen) atoms. The number of hydrogen-bond donors (Lipinski definition) is 1. The van der Waals surface area contributed by atoms with Crippen LogP contribution in [0.15, 0.2) is 0 Å². The number of nitrogens with two attached hydrogens (primary N) is 1. The summed E-state index contributed by atoms with van der Waals surface area (Å²) in [6, 6.07) is 0.343. The van der Waals surface area contributed by atoms with Crippen LogP contribution in [0.25, 0.3) is 0 Å².